The van der Waals surface area contributed by atoms with Gasteiger partial charge in [0, 0.05) is 45.5 Å². The average molecular weight is 411 g/mol. The normalized spacial score (nSPS) is 15.2. The molecule has 2 heterocycles. The fourth-order valence-corrected chi connectivity index (χ4v) is 3.36. The highest BCUT2D eigenvalue weighted by Gasteiger charge is 2.14. The van der Waals surface area contributed by atoms with Gasteiger partial charge in [0.25, 0.3) is 0 Å². The van der Waals surface area contributed by atoms with Gasteiger partial charge < -0.3 is 25.2 Å². The van der Waals surface area contributed by atoms with Gasteiger partial charge in [0.05, 0.1) is 13.7 Å². The summed E-state index contributed by atoms with van der Waals surface area (Å²) >= 11 is 0. The fourth-order valence-electron chi connectivity index (χ4n) is 3.36. The number of guanidine groups is 1. The standard InChI is InChI=1S/C23H34N6O/c1-4-24-23(25-12-11-19-5-8-21(30-3)9-6-19)27-18-20-7-10-22(26-17-20)29-15-13-28(2)14-16-29/h5-10,17H,4,11-16,18H2,1-3H3,(H2,24,25,27). The lowest BCUT2D eigenvalue weighted by Crippen LogP contribution is -2.44. The van der Waals surface area contributed by atoms with E-state index in [1.54, 1.807) is 7.11 Å². The molecule has 0 unspecified atom stereocenters. The van der Waals surface area contributed by atoms with Crippen molar-refractivity contribution < 1.29 is 4.74 Å². The molecule has 7 nitrogen and oxygen atoms in total. The van der Waals surface area contributed by atoms with Gasteiger partial charge in [-0.1, -0.05) is 18.2 Å². The van der Waals surface area contributed by atoms with Crippen molar-refractivity contribution in [1.29, 1.82) is 0 Å². The van der Waals surface area contributed by atoms with Crippen molar-refractivity contribution in [3.8, 4) is 5.75 Å². The lowest BCUT2D eigenvalue weighted by Gasteiger charge is -2.33. The van der Waals surface area contributed by atoms with Gasteiger partial charge >= 0.3 is 0 Å². The molecule has 0 radical (unpaired) electrons. The van der Waals surface area contributed by atoms with E-state index in [-0.39, 0.29) is 0 Å². The number of nitrogens with one attached hydrogen (secondary N) is 2. The van der Waals surface area contributed by atoms with Crippen molar-refractivity contribution in [2.75, 3.05) is 58.3 Å². The topological polar surface area (TPSA) is 65.0 Å². The van der Waals surface area contributed by atoms with Crippen LogP contribution in [-0.4, -0.2) is 69.3 Å². The number of hydrogen-bond donors (Lipinski definition) is 2. The number of benzene rings is 1. The monoisotopic (exact) mass is 410 g/mol. The molecular weight excluding hydrogens is 376 g/mol. The summed E-state index contributed by atoms with van der Waals surface area (Å²) < 4.78 is 5.21. The predicted octanol–water partition coefficient (Wildman–Crippen LogP) is 2.14. The molecule has 2 aromatic rings. The van der Waals surface area contributed by atoms with Crippen molar-refractivity contribution in [2.24, 2.45) is 4.99 Å². The summed E-state index contributed by atoms with van der Waals surface area (Å²) in [5, 5.41) is 6.72. The highest BCUT2D eigenvalue weighted by molar-refractivity contribution is 5.79. The maximum atomic E-state index is 5.21. The van der Waals surface area contributed by atoms with Gasteiger partial charge in [-0.25, -0.2) is 9.98 Å². The second-order valence-electron chi connectivity index (χ2n) is 7.53. The van der Waals surface area contributed by atoms with E-state index in [2.05, 4.69) is 63.7 Å². The molecule has 0 bridgehead atoms. The van der Waals surface area contributed by atoms with E-state index in [0.717, 1.165) is 68.8 Å². The van der Waals surface area contributed by atoms with Crippen LogP contribution >= 0.6 is 0 Å². The largest absolute Gasteiger partial charge is 0.497 e. The molecule has 0 aliphatic carbocycles. The van der Waals surface area contributed by atoms with Crippen molar-refractivity contribution in [3.05, 3.63) is 53.7 Å². The second kappa shape index (κ2) is 11.4. The summed E-state index contributed by atoms with van der Waals surface area (Å²) in [7, 11) is 3.85. The summed E-state index contributed by atoms with van der Waals surface area (Å²) in [6, 6.07) is 12.4. The maximum absolute atomic E-state index is 5.21. The lowest BCUT2D eigenvalue weighted by molar-refractivity contribution is 0.312. The molecule has 3 rings (SSSR count). The van der Waals surface area contributed by atoms with Gasteiger partial charge in [-0.15, -0.1) is 0 Å². The lowest BCUT2D eigenvalue weighted by atomic mass is 10.1. The van der Waals surface area contributed by atoms with Crippen molar-refractivity contribution in [1.82, 2.24) is 20.5 Å². The first-order valence-corrected chi connectivity index (χ1v) is 10.7. The number of aliphatic imine (C=N–C) groups is 1. The van der Waals surface area contributed by atoms with Crippen LogP contribution in [0.1, 0.15) is 18.1 Å². The number of pyridine rings is 1. The zero-order valence-electron chi connectivity index (χ0n) is 18.4. The SMILES string of the molecule is CCNC(=NCc1ccc(N2CCN(C)CC2)nc1)NCCc1ccc(OC)cc1. The zero-order chi connectivity index (χ0) is 21.2. The molecule has 30 heavy (non-hydrogen) atoms. The highest BCUT2D eigenvalue weighted by atomic mass is 16.5. The highest BCUT2D eigenvalue weighted by Crippen LogP contribution is 2.14. The van der Waals surface area contributed by atoms with E-state index < -0.39 is 0 Å². The number of methoxy groups -OCH3 is 1. The first kappa shape index (κ1) is 21.9. The Morgan fingerprint density at radius 1 is 1.03 bits per heavy atom. The van der Waals surface area contributed by atoms with Gasteiger partial charge in [0.15, 0.2) is 5.96 Å². The third-order valence-electron chi connectivity index (χ3n) is 5.27. The number of ether oxygens (including phenoxy) is 1. The molecule has 0 saturated carbocycles. The Labute approximate surface area is 180 Å². The Hall–Kier alpha value is -2.80. The molecule has 2 N–H and O–H groups in total. The first-order valence-electron chi connectivity index (χ1n) is 10.7. The van der Waals surface area contributed by atoms with E-state index >= 15 is 0 Å². The van der Waals surface area contributed by atoms with Gasteiger partial charge in [-0.2, -0.15) is 0 Å². The van der Waals surface area contributed by atoms with E-state index in [9.17, 15) is 0 Å². The summed E-state index contributed by atoms with van der Waals surface area (Å²) in [6.07, 6.45) is 2.87. The molecule has 7 heteroatoms. The summed E-state index contributed by atoms with van der Waals surface area (Å²) in [6.45, 7) is 8.56. The van der Waals surface area contributed by atoms with E-state index in [4.69, 9.17) is 9.73 Å². The third kappa shape index (κ3) is 6.62. The number of aromatic nitrogens is 1. The second-order valence-corrected chi connectivity index (χ2v) is 7.53. The van der Waals surface area contributed by atoms with Gasteiger partial charge in [-0.3, -0.25) is 0 Å². The summed E-state index contributed by atoms with van der Waals surface area (Å²) in [5.74, 6) is 2.77. The van der Waals surface area contributed by atoms with Crippen LogP contribution in [0, 0.1) is 0 Å². The summed E-state index contributed by atoms with van der Waals surface area (Å²) in [4.78, 5) is 14.1. The number of piperazine rings is 1. The Kier molecular flexibility index (Phi) is 8.32. The van der Waals surface area contributed by atoms with Crippen LogP contribution in [0.4, 0.5) is 5.82 Å². The number of nitrogens with zero attached hydrogens (tertiary/aromatic N) is 4. The third-order valence-corrected chi connectivity index (χ3v) is 5.27. The molecule has 1 aliphatic rings. The number of rotatable bonds is 8. The Morgan fingerprint density at radius 3 is 2.40 bits per heavy atom. The van der Waals surface area contributed by atoms with E-state index in [1.807, 2.05) is 18.3 Å². The zero-order valence-corrected chi connectivity index (χ0v) is 18.4. The summed E-state index contributed by atoms with van der Waals surface area (Å²) in [5.41, 5.74) is 2.38. The molecule has 1 saturated heterocycles. The molecule has 1 aliphatic heterocycles. The fraction of sp³-hybridized carbons (Fsp3) is 0.478. The van der Waals surface area contributed by atoms with Crippen LogP contribution in [-0.2, 0) is 13.0 Å². The van der Waals surface area contributed by atoms with Crippen LogP contribution in [0.2, 0.25) is 0 Å². The van der Waals surface area contributed by atoms with Crippen molar-refractivity contribution >= 4 is 11.8 Å². The Bertz CT molecular complexity index is 782. The van der Waals surface area contributed by atoms with E-state index in [0.29, 0.717) is 6.54 Å². The van der Waals surface area contributed by atoms with Crippen LogP contribution in [0.25, 0.3) is 0 Å². The Balaban J connectivity index is 1.49. The van der Waals surface area contributed by atoms with Gasteiger partial charge in [0.1, 0.15) is 11.6 Å². The molecule has 0 amide bonds. The Morgan fingerprint density at radius 2 is 1.77 bits per heavy atom. The predicted molar refractivity (Wildman–Crippen MR) is 123 cm³/mol. The minimum absolute atomic E-state index is 0.605. The smallest absolute Gasteiger partial charge is 0.191 e. The molecule has 0 atom stereocenters. The molecule has 1 aromatic carbocycles. The van der Waals surface area contributed by atoms with Gasteiger partial charge in [-0.05, 0) is 49.7 Å². The number of hydrogen-bond acceptors (Lipinski definition) is 5. The molecule has 162 valence electrons. The van der Waals surface area contributed by atoms with Crippen LogP contribution in [0.5, 0.6) is 5.75 Å². The van der Waals surface area contributed by atoms with Crippen LogP contribution in [0.15, 0.2) is 47.6 Å². The van der Waals surface area contributed by atoms with Gasteiger partial charge in [0.2, 0.25) is 0 Å². The van der Waals surface area contributed by atoms with Crippen molar-refractivity contribution in [2.45, 2.75) is 19.9 Å². The minimum Gasteiger partial charge on any atom is -0.497 e. The molecule has 1 aromatic heterocycles. The van der Waals surface area contributed by atoms with Crippen LogP contribution in [0.3, 0.4) is 0 Å². The minimum atomic E-state index is 0.605. The molecule has 0 spiro atoms. The number of anilines is 1. The molecular formula is C23H34N6O. The van der Waals surface area contributed by atoms with E-state index in [1.165, 1.54) is 5.56 Å². The number of likely N-dealkylation sites (N-methyl/N-ethyl adjacent to an activating group) is 1. The molecule has 1 fully saturated rings. The maximum Gasteiger partial charge on any atom is 0.191 e. The van der Waals surface area contributed by atoms with Crippen LogP contribution < -0.4 is 20.3 Å². The quantitative estimate of drug-likeness (QED) is 0.514. The van der Waals surface area contributed by atoms with Crippen molar-refractivity contribution in [3.63, 3.8) is 0 Å². The first-order chi connectivity index (χ1) is 14.7. The average Bonchev–Trinajstić information content (AvgIpc) is 2.79.